The number of allylic oxidation sites excluding steroid dienone is 3. The molecule has 0 bridgehead atoms. The monoisotopic (exact) mass is 532 g/mol. The number of ether oxygens (including phenoxy) is 2. The molecule has 0 aromatic heterocycles. The van der Waals surface area contributed by atoms with Crippen molar-refractivity contribution in [1.82, 2.24) is 0 Å². The molecular weight excluding hydrogens is 496 g/mol. The number of fused-ring (bicyclic) bond motifs is 1. The van der Waals surface area contributed by atoms with Crippen molar-refractivity contribution in [2.24, 2.45) is 5.92 Å². The SMILES string of the molecule is CCOC(=O)C1=C(C(=O)OCC)[C@@H](c2ccccc2)C(C=C(c2ccccc2)c2ccccc2)=C2CCCC[C@H]21. The summed E-state index contributed by atoms with van der Waals surface area (Å²) >= 11 is 0. The fourth-order valence-electron chi connectivity index (χ4n) is 6.15. The van der Waals surface area contributed by atoms with Gasteiger partial charge in [-0.3, -0.25) is 0 Å². The largest absolute Gasteiger partial charge is 0.463 e. The van der Waals surface area contributed by atoms with Crippen molar-refractivity contribution in [2.75, 3.05) is 13.2 Å². The van der Waals surface area contributed by atoms with Crippen molar-refractivity contribution in [3.8, 4) is 0 Å². The first-order valence-electron chi connectivity index (χ1n) is 14.3. The standard InChI is InChI=1S/C36H36O4/c1-3-39-35(37)33-29-23-15-14-22-28(29)31(32(27-20-12-7-13-21-27)34(33)36(38)40-4-2)24-30(25-16-8-5-9-17-25)26-18-10-6-11-19-26/h5-13,16-21,24,29,32H,3-4,14-15,22-23H2,1-2H3/t29-,32+/m1/s1. The van der Waals surface area contributed by atoms with Crippen molar-refractivity contribution in [3.05, 3.63) is 136 Å². The molecule has 2 aliphatic carbocycles. The van der Waals surface area contributed by atoms with Crippen molar-refractivity contribution in [3.63, 3.8) is 0 Å². The van der Waals surface area contributed by atoms with Gasteiger partial charge in [-0.05, 0) is 67.0 Å². The Balaban J connectivity index is 1.83. The lowest BCUT2D eigenvalue weighted by molar-refractivity contribution is -0.142. The van der Waals surface area contributed by atoms with Crippen LogP contribution >= 0.6 is 0 Å². The van der Waals surface area contributed by atoms with E-state index in [1.54, 1.807) is 13.8 Å². The van der Waals surface area contributed by atoms with E-state index in [1.807, 2.05) is 66.7 Å². The predicted octanol–water partition coefficient (Wildman–Crippen LogP) is 7.83. The maximum atomic E-state index is 13.8. The molecule has 0 aliphatic heterocycles. The third-order valence-electron chi connectivity index (χ3n) is 7.81. The minimum absolute atomic E-state index is 0.175. The number of esters is 2. The summed E-state index contributed by atoms with van der Waals surface area (Å²) in [7, 11) is 0. The molecule has 0 spiro atoms. The highest BCUT2D eigenvalue weighted by Crippen LogP contribution is 2.51. The van der Waals surface area contributed by atoms with Crippen LogP contribution in [0.25, 0.3) is 5.57 Å². The van der Waals surface area contributed by atoms with Crippen LogP contribution in [-0.2, 0) is 19.1 Å². The molecule has 4 heteroatoms. The summed E-state index contributed by atoms with van der Waals surface area (Å²) in [4.78, 5) is 27.4. The van der Waals surface area contributed by atoms with Gasteiger partial charge in [-0.15, -0.1) is 0 Å². The Morgan fingerprint density at radius 3 is 1.80 bits per heavy atom. The summed E-state index contributed by atoms with van der Waals surface area (Å²) in [5, 5.41) is 0. The molecule has 2 aliphatic rings. The van der Waals surface area contributed by atoms with Gasteiger partial charge in [-0.2, -0.15) is 0 Å². The third kappa shape index (κ3) is 5.58. The average Bonchev–Trinajstić information content (AvgIpc) is 3.00. The molecule has 204 valence electrons. The maximum absolute atomic E-state index is 13.8. The van der Waals surface area contributed by atoms with Crippen LogP contribution in [0.5, 0.6) is 0 Å². The molecule has 0 amide bonds. The molecule has 0 unspecified atom stereocenters. The summed E-state index contributed by atoms with van der Waals surface area (Å²) in [5.41, 5.74) is 7.41. The van der Waals surface area contributed by atoms with Gasteiger partial charge in [-0.1, -0.05) is 103 Å². The van der Waals surface area contributed by atoms with Crippen molar-refractivity contribution >= 4 is 17.5 Å². The van der Waals surface area contributed by atoms with Gasteiger partial charge in [0.15, 0.2) is 0 Å². The molecule has 0 saturated heterocycles. The number of carbonyl (C=O) groups is 2. The van der Waals surface area contributed by atoms with E-state index in [1.165, 1.54) is 5.57 Å². The van der Waals surface area contributed by atoms with Gasteiger partial charge in [0, 0.05) is 11.8 Å². The normalized spacial score (nSPS) is 18.6. The summed E-state index contributed by atoms with van der Waals surface area (Å²) < 4.78 is 11.2. The van der Waals surface area contributed by atoms with E-state index in [-0.39, 0.29) is 19.1 Å². The summed E-state index contributed by atoms with van der Waals surface area (Å²) in [6.07, 6.45) is 5.97. The molecule has 2 atom stereocenters. The third-order valence-corrected chi connectivity index (χ3v) is 7.81. The Hall–Kier alpha value is -4.18. The van der Waals surface area contributed by atoms with E-state index in [4.69, 9.17) is 9.47 Å². The quantitative estimate of drug-likeness (QED) is 0.278. The Morgan fingerprint density at radius 2 is 1.25 bits per heavy atom. The molecule has 5 rings (SSSR count). The maximum Gasteiger partial charge on any atom is 0.335 e. The van der Waals surface area contributed by atoms with Gasteiger partial charge in [0.2, 0.25) is 0 Å². The molecule has 1 fully saturated rings. The van der Waals surface area contributed by atoms with Crippen LogP contribution in [0, 0.1) is 5.92 Å². The highest BCUT2D eigenvalue weighted by molar-refractivity contribution is 6.04. The zero-order chi connectivity index (χ0) is 27.9. The molecule has 40 heavy (non-hydrogen) atoms. The number of carbonyl (C=O) groups excluding carboxylic acids is 2. The molecular formula is C36H36O4. The Labute approximate surface area is 237 Å². The molecule has 3 aromatic rings. The Bertz CT molecular complexity index is 1390. The highest BCUT2D eigenvalue weighted by atomic mass is 16.5. The topological polar surface area (TPSA) is 52.6 Å². The number of hydrogen-bond donors (Lipinski definition) is 0. The lowest BCUT2D eigenvalue weighted by atomic mass is 9.65. The molecule has 0 heterocycles. The van der Waals surface area contributed by atoms with Gasteiger partial charge in [0.25, 0.3) is 0 Å². The van der Waals surface area contributed by atoms with E-state index in [9.17, 15) is 9.59 Å². The number of rotatable bonds is 8. The molecule has 1 saturated carbocycles. The lowest BCUT2D eigenvalue weighted by Crippen LogP contribution is -2.33. The first-order valence-corrected chi connectivity index (χ1v) is 14.3. The van der Waals surface area contributed by atoms with Crippen LogP contribution < -0.4 is 0 Å². The summed E-state index contributed by atoms with van der Waals surface area (Å²) in [6, 6.07) is 30.7. The molecule has 0 radical (unpaired) electrons. The van der Waals surface area contributed by atoms with E-state index in [0.29, 0.717) is 11.1 Å². The molecule has 4 nitrogen and oxygen atoms in total. The fraction of sp³-hybridized carbons (Fsp3) is 0.278. The zero-order valence-electron chi connectivity index (χ0n) is 23.3. The average molecular weight is 533 g/mol. The van der Waals surface area contributed by atoms with Crippen LogP contribution in [-0.4, -0.2) is 25.2 Å². The summed E-state index contributed by atoms with van der Waals surface area (Å²) in [5.74, 6) is -1.49. The van der Waals surface area contributed by atoms with Gasteiger partial charge in [-0.25, -0.2) is 9.59 Å². The van der Waals surface area contributed by atoms with Crippen LogP contribution in [0.2, 0.25) is 0 Å². The number of hydrogen-bond acceptors (Lipinski definition) is 4. The smallest absolute Gasteiger partial charge is 0.335 e. The predicted molar refractivity (Wildman–Crippen MR) is 158 cm³/mol. The van der Waals surface area contributed by atoms with Crippen molar-refractivity contribution < 1.29 is 19.1 Å². The van der Waals surface area contributed by atoms with Gasteiger partial charge in [0.05, 0.1) is 24.4 Å². The van der Waals surface area contributed by atoms with E-state index in [2.05, 4.69) is 30.3 Å². The second-order valence-electron chi connectivity index (χ2n) is 10.2. The van der Waals surface area contributed by atoms with E-state index >= 15 is 0 Å². The van der Waals surface area contributed by atoms with Crippen molar-refractivity contribution in [1.29, 1.82) is 0 Å². The van der Waals surface area contributed by atoms with Gasteiger partial charge in [0.1, 0.15) is 0 Å². The van der Waals surface area contributed by atoms with Crippen LogP contribution in [0.3, 0.4) is 0 Å². The van der Waals surface area contributed by atoms with Gasteiger partial charge >= 0.3 is 11.9 Å². The van der Waals surface area contributed by atoms with Crippen LogP contribution in [0.1, 0.15) is 62.1 Å². The van der Waals surface area contributed by atoms with Crippen LogP contribution in [0.4, 0.5) is 0 Å². The second kappa shape index (κ2) is 12.8. The zero-order valence-corrected chi connectivity index (χ0v) is 23.3. The Kier molecular flexibility index (Phi) is 8.75. The fourth-order valence-corrected chi connectivity index (χ4v) is 6.15. The molecule has 3 aromatic carbocycles. The highest BCUT2D eigenvalue weighted by Gasteiger charge is 2.43. The van der Waals surface area contributed by atoms with Gasteiger partial charge < -0.3 is 9.47 Å². The van der Waals surface area contributed by atoms with E-state index in [0.717, 1.165) is 53.5 Å². The summed E-state index contributed by atoms with van der Waals surface area (Å²) in [6.45, 7) is 4.08. The minimum atomic E-state index is -0.452. The van der Waals surface area contributed by atoms with E-state index < -0.39 is 17.9 Å². The lowest BCUT2D eigenvalue weighted by Gasteiger charge is -2.38. The minimum Gasteiger partial charge on any atom is -0.463 e. The number of benzene rings is 3. The van der Waals surface area contributed by atoms with Crippen LogP contribution in [0.15, 0.2) is 119 Å². The first kappa shape index (κ1) is 27.4. The Morgan fingerprint density at radius 1 is 0.725 bits per heavy atom. The van der Waals surface area contributed by atoms with Crippen molar-refractivity contribution in [2.45, 2.75) is 45.4 Å². The first-order chi connectivity index (χ1) is 19.6. The second-order valence-corrected chi connectivity index (χ2v) is 10.2. The molecule has 0 N–H and O–H groups in total.